The molecule has 8 nitrogen and oxygen atoms in total. The highest BCUT2D eigenvalue weighted by Crippen LogP contribution is 2.29. The maximum Gasteiger partial charge on any atom is 0.347 e. The van der Waals surface area contributed by atoms with Crippen molar-refractivity contribution in [2.45, 2.75) is 20.0 Å². The number of hydrogen-bond acceptors (Lipinski definition) is 7. The first-order chi connectivity index (χ1) is 17.9. The van der Waals surface area contributed by atoms with Crippen LogP contribution in [0.5, 0.6) is 5.75 Å². The molecular weight excluding hydrogens is 494 g/mol. The predicted octanol–water partition coefficient (Wildman–Crippen LogP) is 5.68. The van der Waals surface area contributed by atoms with E-state index in [1.54, 1.807) is 80.6 Å². The lowest BCUT2D eigenvalue weighted by atomic mass is 10.2. The second kappa shape index (κ2) is 10.3. The fraction of sp³-hybridized carbons (Fsp3) is 0.143. The van der Waals surface area contributed by atoms with Gasteiger partial charge in [-0.1, -0.05) is 35.9 Å². The number of aromatic nitrogens is 2. The molecule has 5 aromatic rings. The standard InChI is InChI=1S/C28H22ClN3O5/c1-3-35-28(34)17(2)36-21-8-6-7-18(13-21)16-30-32-26(31-23-10-5-4-9-22(23)27(32)33)25-15-19-14-20(29)11-12-24(19)37-25/h4-17H,3H2,1-2H3/t17-/m0/s1. The van der Waals surface area contributed by atoms with E-state index in [4.69, 9.17) is 25.5 Å². The lowest BCUT2D eigenvalue weighted by Gasteiger charge is -2.13. The molecule has 0 saturated carbocycles. The Morgan fingerprint density at radius 3 is 2.81 bits per heavy atom. The zero-order valence-corrected chi connectivity index (χ0v) is 20.8. The summed E-state index contributed by atoms with van der Waals surface area (Å²) < 4.78 is 17.9. The number of carbonyl (C=O) groups excluding carboxylic acids is 1. The molecule has 37 heavy (non-hydrogen) atoms. The molecule has 0 spiro atoms. The van der Waals surface area contributed by atoms with Gasteiger partial charge in [0, 0.05) is 10.4 Å². The van der Waals surface area contributed by atoms with Crippen LogP contribution in [-0.4, -0.2) is 34.6 Å². The molecule has 0 aliphatic carbocycles. The Balaban J connectivity index is 1.55. The van der Waals surface area contributed by atoms with E-state index in [0.717, 1.165) is 5.39 Å². The van der Waals surface area contributed by atoms with Crippen molar-refractivity contribution < 1.29 is 18.7 Å². The summed E-state index contributed by atoms with van der Waals surface area (Å²) in [6.07, 6.45) is 0.746. The number of nitrogens with zero attached hydrogens (tertiary/aromatic N) is 3. The lowest BCUT2D eigenvalue weighted by Crippen LogP contribution is -2.26. The second-order valence-electron chi connectivity index (χ2n) is 8.19. The third kappa shape index (κ3) is 5.10. The summed E-state index contributed by atoms with van der Waals surface area (Å²) >= 11 is 6.13. The van der Waals surface area contributed by atoms with E-state index in [-0.39, 0.29) is 18.0 Å². The molecule has 0 bridgehead atoms. The summed E-state index contributed by atoms with van der Waals surface area (Å²) in [7, 11) is 0. The number of hydrogen-bond donors (Lipinski definition) is 0. The Bertz CT molecular complexity index is 1710. The smallest absolute Gasteiger partial charge is 0.347 e. The number of rotatable bonds is 7. The van der Waals surface area contributed by atoms with Gasteiger partial charge < -0.3 is 13.9 Å². The van der Waals surface area contributed by atoms with Gasteiger partial charge in [-0.15, -0.1) is 0 Å². The van der Waals surface area contributed by atoms with Crippen LogP contribution < -0.4 is 10.3 Å². The molecule has 0 N–H and O–H groups in total. The second-order valence-corrected chi connectivity index (χ2v) is 8.63. The van der Waals surface area contributed by atoms with E-state index in [9.17, 15) is 9.59 Å². The minimum absolute atomic E-state index is 0.246. The Morgan fingerprint density at radius 2 is 1.97 bits per heavy atom. The molecule has 0 aliphatic heterocycles. The van der Waals surface area contributed by atoms with Crippen molar-refractivity contribution in [2.24, 2.45) is 5.10 Å². The lowest BCUT2D eigenvalue weighted by molar-refractivity contribution is -0.150. The monoisotopic (exact) mass is 515 g/mol. The average molecular weight is 516 g/mol. The summed E-state index contributed by atoms with van der Waals surface area (Å²) in [5, 5.41) is 6.23. The minimum Gasteiger partial charge on any atom is -0.479 e. The van der Waals surface area contributed by atoms with Crippen LogP contribution in [0, 0.1) is 0 Å². The van der Waals surface area contributed by atoms with Gasteiger partial charge in [-0.3, -0.25) is 4.79 Å². The van der Waals surface area contributed by atoms with E-state index in [1.165, 1.54) is 10.9 Å². The van der Waals surface area contributed by atoms with Gasteiger partial charge >= 0.3 is 5.97 Å². The number of fused-ring (bicyclic) bond motifs is 2. The third-order valence-electron chi connectivity index (χ3n) is 5.56. The summed E-state index contributed by atoms with van der Waals surface area (Å²) in [5.41, 5.74) is 1.43. The molecule has 9 heteroatoms. The number of para-hydroxylation sites is 1. The zero-order valence-electron chi connectivity index (χ0n) is 20.1. The molecular formula is C28H22ClN3O5. The van der Waals surface area contributed by atoms with Gasteiger partial charge in [-0.05, 0) is 67.9 Å². The first-order valence-corrected chi connectivity index (χ1v) is 12.0. The number of halogens is 1. The molecule has 1 atom stereocenters. The molecule has 3 aromatic carbocycles. The van der Waals surface area contributed by atoms with Crippen molar-refractivity contribution in [3.05, 3.63) is 93.7 Å². The summed E-state index contributed by atoms with van der Waals surface area (Å²) in [6.45, 7) is 3.63. The minimum atomic E-state index is -0.771. The van der Waals surface area contributed by atoms with E-state index in [0.29, 0.717) is 38.6 Å². The van der Waals surface area contributed by atoms with Crippen molar-refractivity contribution in [3.63, 3.8) is 0 Å². The molecule has 0 unspecified atom stereocenters. The summed E-state index contributed by atoms with van der Waals surface area (Å²) in [4.78, 5) is 30.0. The van der Waals surface area contributed by atoms with Gasteiger partial charge in [0.15, 0.2) is 11.9 Å². The highest BCUT2D eigenvalue weighted by molar-refractivity contribution is 6.31. The van der Waals surface area contributed by atoms with Crippen LogP contribution >= 0.6 is 11.6 Å². The van der Waals surface area contributed by atoms with E-state index < -0.39 is 12.1 Å². The van der Waals surface area contributed by atoms with Crippen molar-refractivity contribution in [1.82, 2.24) is 9.66 Å². The van der Waals surface area contributed by atoms with Gasteiger partial charge in [0.25, 0.3) is 5.56 Å². The summed E-state index contributed by atoms with van der Waals surface area (Å²) in [6, 6.07) is 21.1. The van der Waals surface area contributed by atoms with E-state index in [1.807, 2.05) is 6.07 Å². The van der Waals surface area contributed by atoms with E-state index >= 15 is 0 Å². The van der Waals surface area contributed by atoms with Crippen LogP contribution in [0.1, 0.15) is 19.4 Å². The van der Waals surface area contributed by atoms with Gasteiger partial charge in [0.05, 0.1) is 23.7 Å². The summed E-state index contributed by atoms with van der Waals surface area (Å²) in [5.74, 6) is 0.628. The van der Waals surface area contributed by atoms with Crippen LogP contribution in [0.3, 0.4) is 0 Å². The molecule has 2 heterocycles. The number of furan rings is 1. The van der Waals surface area contributed by atoms with Crippen LogP contribution in [0.25, 0.3) is 33.5 Å². The van der Waals surface area contributed by atoms with Gasteiger partial charge in [-0.2, -0.15) is 9.78 Å². The highest BCUT2D eigenvalue weighted by Gasteiger charge is 2.17. The molecule has 0 fully saturated rings. The fourth-order valence-electron chi connectivity index (χ4n) is 3.82. The van der Waals surface area contributed by atoms with Gasteiger partial charge in [0.1, 0.15) is 11.3 Å². The zero-order chi connectivity index (χ0) is 25.9. The number of carbonyl (C=O) groups is 1. The maximum absolute atomic E-state index is 13.4. The molecule has 186 valence electrons. The van der Waals surface area contributed by atoms with Crippen molar-refractivity contribution in [3.8, 4) is 17.3 Å². The third-order valence-corrected chi connectivity index (χ3v) is 5.80. The molecule has 0 radical (unpaired) electrons. The topological polar surface area (TPSA) is 95.9 Å². The largest absolute Gasteiger partial charge is 0.479 e. The molecule has 2 aromatic heterocycles. The van der Waals surface area contributed by atoms with Crippen LogP contribution in [0.15, 0.2) is 87.1 Å². The maximum atomic E-state index is 13.4. The molecule has 5 rings (SSSR count). The quantitative estimate of drug-likeness (QED) is 0.204. The van der Waals surface area contributed by atoms with Crippen molar-refractivity contribution in [1.29, 1.82) is 0 Å². The first kappa shape index (κ1) is 24.3. The fourth-order valence-corrected chi connectivity index (χ4v) is 4.00. The molecule has 0 aliphatic rings. The average Bonchev–Trinajstić information content (AvgIpc) is 3.31. The number of esters is 1. The van der Waals surface area contributed by atoms with Crippen molar-refractivity contribution >= 4 is 45.7 Å². The number of benzene rings is 3. The van der Waals surface area contributed by atoms with Gasteiger partial charge in [0.2, 0.25) is 5.82 Å². The molecule has 0 amide bonds. The highest BCUT2D eigenvalue weighted by atomic mass is 35.5. The Kier molecular flexibility index (Phi) is 6.74. The van der Waals surface area contributed by atoms with Crippen LogP contribution in [-0.2, 0) is 9.53 Å². The SMILES string of the molecule is CCOC(=O)[C@H](C)Oc1cccc(C=Nn2c(-c3cc4cc(Cl)ccc4o3)nc3ccccc3c2=O)c1. The van der Waals surface area contributed by atoms with Crippen LogP contribution in [0.2, 0.25) is 5.02 Å². The Morgan fingerprint density at radius 1 is 1.14 bits per heavy atom. The molecule has 0 saturated heterocycles. The van der Waals surface area contributed by atoms with E-state index in [2.05, 4.69) is 10.1 Å². The predicted molar refractivity (Wildman–Crippen MR) is 142 cm³/mol. The first-order valence-electron chi connectivity index (χ1n) is 11.6. The normalized spacial score (nSPS) is 12.3. The van der Waals surface area contributed by atoms with Crippen LogP contribution in [0.4, 0.5) is 0 Å². The van der Waals surface area contributed by atoms with Crippen molar-refractivity contribution in [2.75, 3.05) is 6.61 Å². The number of ether oxygens (including phenoxy) is 2. The van der Waals surface area contributed by atoms with Gasteiger partial charge in [-0.25, -0.2) is 9.78 Å². The Hall–Kier alpha value is -4.43. The Labute approximate surface area is 216 Å².